The molecule has 0 atom stereocenters. The first-order chi connectivity index (χ1) is 12.9. The molecule has 0 aliphatic heterocycles. The Hall–Kier alpha value is -2.57. The summed E-state index contributed by atoms with van der Waals surface area (Å²) < 4.78 is 33.0. The molecule has 0 amide bonds. The van der Waals surface area contributed by atoms with Gasteiger partial charge >= 0.3 is 0 Å². The fourth-order valence-corrected chi connectivity index (χ4v) is 4.28. The van der Waals surface area contributed by atoms with Crippen LogP contribution in [0.3, 0.4) is 0 Å². The molecule has 3 rings (SSSR count). The topological polar surface area (TPSA) is 59.5 Å². The number of aryl methyl sites for hydroxylation is 1. The van der Waals surface area contributed by atoms with E-state index in [1.807, 2.05) is 13.0 Å². The molecule has 0 spiro atoms. The summed E-state index contributed by atoms with van der Waals surface area (Å²) in [7, 11) is -3.71. The van der Waals surface area contributed by atoms with Crippen molar-refractivity contribution in [3.63, 3.8) is 0 Å². The van der Waals surface area contributed by atoms with Crippen molar-refractivity contribution < 1.29 is 13.2 Å². The van der Waals surface area contributed by atoms with Crippen LogP contribution in [0.1, 0.15) is 12.5 Å². The summed E-state index contributed by atoms with van der Waals surface area (Å²) in [5.74, 6) is 0.920. The number of nitrogens with zero attached hydrogens (tertiary/aromatic N) is 2. The lowest BCUT2D eigenvalue weighted by Crippen LogP contribution is -2.30. The lowest BCUT2D eigenvalue weighted by atomic mass is 10.2. The Morgan fingerprint density at radius 2 is 1.81 bits per heavy atom. The number of pyridine rings is 1. The summed E-state index contributed by atoms with van der Waals surface area (Å²) >= 11 is 5.94. The highest BCUT2D eigenvalue weighted by Crippen LogP contribution is 2.28. The fourth-order valence-electron chi connectivity index (χ4n) is 2.63. The molecule has 0 radical (unpaired) electrons. The van der Waals surface area contributed by atoms with Crippen LogP contribution in [-0.2, 0) is 10.0 Å². The van der Waals surface area contributed by atoms with Gasteiger partial charge in [0.2, 0.25) is 5.88 Å². The minimum Gasteiger partial charge on any atom is -0.439 e. The van der Waals surface area contributed by atoms with Gasteiger partial charge in [-0.3, -0.25) is 4.31 Å². The second kappa shape index (κ2) is 7.98. The monoisotopic (exact) mass is 402 g/mol. The van der Waals surface area contributed by atoms with E-state index in [9.17, 15) is 8.42 Å². The van der Waals surface area contributed by atoms with Crippen molar-refractivity contribution in [3.05, 3.63) is 77.4 Å². The summed E-state index contributed by atoms with van der Waals surface area (Å²) in [6.45, 7) is 3.98. The van der Waals surface area contributed by atoms with Crippen molar-refractivity contribution in [1.82, 2.24) is 4.98 Å². The van der Waals surface area contributed by atoms with Crippen LogP contribution in [0.2, 0.25) is 5.02 Å². The first-order valence-electron chi connectivity index (χ1n) is 8.39. The quantitative estimate of drug-likeness (QED) is 0.578. The molecule has 0 N–H and O–H groups in total. The third kappa shape index (κ3) is 4.23. The zero-order valence-corrected chi connectivity index (χ0v) is 16.5. The van der Waals surface area contributed by atoms with Crippen molar-refractivity contribution in [2.45, 2.75) is 18.7 Å². The number of ether oxygens (including phenoxy) is 1. The summed E-state index contributed by atoms with van der Waals surface area (Å²) in [5, 5.41) is 0.620. The molecule has 0 aliphatic rings. The number of para-hydroxylation sites is 1. The van der Waals surface area contributed by atoms with Gasteiger partial charge in [0.15, 0.2) is 0 Å². The number of halogens is 1. The molecule has 0 aliphatic carbocycles. The van der Waals surface area contributed by atoms with Crippen molar-refractivity contribution in [2.75, 3.05) is 10.8 Å². The van der Waals surface area contributed by atoms with Gasteiger partial charge in [0.05, 0.1) is 11.9 Å². The zero-order valence-electron chi connectivity index (χ0n) is 15.0. The summed E-state index contributed by atoms with van der Waals surface area (Å²) in [6, 6.07) is 17.3. The van der Waals surface area contributed by atoms with Gasteiger partial charge in [-0.25, -0.2) is 13.4 Å². The molecule has 1 heterocycles. The third-order valence-corrected chi connectivity index (χ3v) is 6.10. The zero-order chi connectivity index (χ0) is 19.4. The van der Waals surface area contributed by atoms with Crippen molar-refractivity contribution >= 4 is 27.3 Å². The maximum absolute atomic E-state index is 13.0. The lowest BCUT2D eigenvalue weighted by molar-refractivity contribution is 0.458. The first kappa shape index (κ1) is 19.2. The Labute approximate surface area is 164 Å². The van der Waals surface area contributed by atoms with Gasteiger partial charge in [0.25, 0.3) is 10.0 Å². The highest BCUT2D eigenvalue weighted by atomic mass is 35.5. The Morgan fingerprint density at radius 1 is 1.07 bits per heavy atom. The number of hydrogen-bond acceptors (Lipinski definition) is 4. The first-order valence-corrected chi connectivity index (χ1v) is 10.2. The highest BCUT2D eigenvalue weighted by Gasteiger charge is 2.24. The second-order valence-electron chi connectivity index (χ2n) is 5.85. The van der Waals surface area contributed by atoms with Crippen LogP contribution >= 0.6 is 11.6 Å². The van der Waals surface area contributed by atoms with E-state index >= 15 is 0 Å². The summed E-state index contributed by atoms with van der Waals surface area (Å²) in [5.41, 5.74) is 1.47. The molecule has 0 unspecified atom stereocenters. The summed E-state index contributed by atoms with van der Waals surface area (Å²) in [6.07, 6.45) is 1.31. The summed E-state index contributed by atoms with van der Waals surface area (Å²) in [4.78, 5) is 4.26. The molecule has 7 heteroatoms. The van der Waals surface area contributed by atoms with Crippen molar-refractivity contribution in [2.24, 2.45) is 0 Å². The van der Waals surface area contributed by atoms with Crippen LogP contribution in [0.4, 0.5) is 5.69 Å². The second-order valence-corrected chi connectivity index (χ2v) is 8.15. The fraction of sp³-hybridized carbons (Fsp3) is 0.150. The normalized spacial score (nSPS) is 11.2. The van der Waals surface area contributed by atoms with E-state index in [2.05, 4.69) is 4.98 Å². The van der Waals surface area contributed by atoms with Gasteiger partial charge in [-0.15, -0.1) is 0 Å². The predicted molar refractivity (Wildman–Crippen MR) is 107 cm³/mol. The van der Waals surface area contributed by atoms with Crippen LogP contribution in [0.15, 0.2) is 71.8 Å². The van der Waals surface area contributed by atoms with Gasteiger partial charge in [-0.05, 0) is 55.8 Å². The largest absolute Gasteiger partial charge is 0.439 e. The minimum absolute atomic E-state index is 0.105. The Kier molecular flexibility index (Phi) is 5.68. The Bertz CT molecular complexity index is 1020. The average Bonchev–Trinajstić information content (AvgIpc) is 2.66. The average molecular weight is 403 g/mol. The van der Waals surface area contributed by atoms with E-state index in [1.54, 1.807) is 55.5 Å². The Morgan fingerprint density at radius 3 is 2.41 bits per heavy atom. The van der Waals surface area contributed by atoms with Gasteiger partial charge in [-0.2, -0.15) is 0 Å². The van der Waals surface area contributed by atoms with E-state index in [4.69, 9.17) is 16.3 Å². The molecule has 140 valence electrons. The number of sulfonamides is 1. The standard InChI is InChI=1S/C20H19ClN2O3S/c1-3-23(17-7-5-4-6-8-17)27(24,25)18-10-12-20(22-14-18)26-19-11-9-16(21)13-15(19)2/h4-14H,3H2,1-2H3. The maximum atomic E-state index is 13.0. The van der Waals surface area contributed by atoms with Crippen LogP contribution < -0.4 is 9.04 Å². The van der Waals surface area contributed by atoms with Gasteiger partial charge in [0, 0.05) is 17.6 Å². The van der Waals surface area contributed by atoms with Gasteiger partial charge < -0.3 is 4.74 Å². The molecule has 1 aromatic heterocycles. The van der Waals surface area contributed by atoms with E-state index in [0.29, 0.717) is 28.9 Å². The highest BCUT2D eigenvalue weighted by molar-refractivity contribution is 7.92. The van der Waals surface area contributed by atoms with Crippen molar-refractivity contribution in [3.8, 4) is 11.6 Å². The number of aromatic nitrogens is 1. The molecule has 2 aromatic carbocycles. The molecular formula is C20H19ClN2O3S. The third-order valence-electron chi connectivity index (χ3n) is 3.98. The molecule has 3 aromatic rings. The van der Waals surface area contributed by atoms with Gasteiger partial charge in [-0.1, -0.05) is 29.8 Å². The van der Waals surface area contributed by atoms with Crippen molar-refractivity contribution in [1.29, 1.82) is 0 Å². The van der Waals surface area contributed by atoms with Crippen LogP contribution in [0.25, 0.3) is 0 Å². The van der Waals surface area contributed by atoms with Gasteiger partial charge in [0.1, 0.15) is 10.6 Å². The molecule has 0 saturated carbocycles. The number of rotatable bonds is 6. The number of benzene rings is 2. The molecular weight excluding hydrogens is 384 g/mol. The van der Waals surface area contributed by atoms with E-state index in [1.165, 1.54) is 16.6 Å². The maximum Gasteiger partial charge on any atom is 0.265 e. The Balaban J connectivity index is 1.85. The van der Waals surface area contributed by atoms with Crippen LogP contribution in [0, 0.1) is 6.92 Å². The smallest absolute Gasteiger partial charge is 0.265 e. The van der Waals surface area contributed by atoms with E-state index < -0.39 is 10.0 Å². The van der Waals surface area contributed by atoms with E-state index in [-0.39, 0.29) is 4.90 Å². The molecule has 5 nitrogen and oxygen atoms in total. The molecule has 0 fully saturated rings. The predicted octanol–water partition coefficient (Wildman–Crippen LogP) is 5.05. The van der Waals surface area contributed by atoms with E-state index in [0.717, 1.165) is 5.56 Å². The number of anilines is 1. The van der Waals surface area contributed by atoms with Crippen LogP contribution in [-0.4, -0.2) is 19.9 Å². The molecule has 0 saturated heterocycles. The SMILES string of the molecule is CCN(c1ccccc1)S(=O)(=O)c1ccc(Oc2ccc(Cl)cc2C)nc1. The molecule has 0 bridgehead atoms. The molecule has 27 heavy (non-hydrogen) atoms. The van der Waals surface area contributed by atoms with Crippen LogP contribution in [0.5, 0.6) is 11.6 Å². The lowest BCUT2D eigenvalue weighted by Gasteiger charge is -2.22. The number of hydrogen-bond donors (Lipinski definition) is 0. The minimum atomic E-state index is -3.71.